The average molecular weight is 270 g/mol. The largest absolute Gasteiger partial charge is 0.480 e. The van der Waals surface area contributed by atoms with Crippen molar-refractivity contribution < 1.29 is 9.84 Å². The molecule has 2 aromatic rings. The maximum Gasteiger partial charge on any atom is 0.267 e. The lowest BCUT2D eigenvalue weighted by Gasteiger charge is -2.06. The van der Waals surface area contributed by atoms with Gasteiger partial charge in [-0.05, 0) is 17.7 Å². The molecule has 0 radical (unpaired) electrons. The van der Waals surface area contributed by atoms with Crippen LogP contribution in [0.15, 0.2) is 41.2 Å². The predicted octanol–water partition coefficient (Wildman–Crippen LogP) is 0.644. The first-order valence-electron chi connectivity index (χ1n) is 6.04. The SMILES string of the molecule is COc1ccc(=O)n(Cc2ccc(C#CCO)cc2)n1. The third-order valence-corrected chi connectivity index (χ3v) is 2.65. The van der Waals surface area contributed by atoms with E-state index in [0.29, 0.717) is 12.4 Å². The number of aliphatic hydroxyl groups is 1. The van der Waals surface area contributed by atoms with Crippen LogP contribution in [0.25, 0.3) is 0 Å². The molecule has 5 heteroatoms. The molecule has 0 aliphatic rings. The molecule has 1 heterocycles. The minimum absolute atomic E-state index is 0.162. The number of benzene rings is 1. The Labute approximate surface area is 116 Å². The second-order valence-electron chi connectivity index (χ2n) is 4.03. The van der Waals surface area contributed by atoms with E-state index in [1.807, 2.05) is 24.3 Å². The average Bonchev–Trinajstić information content (AvgIpc) is 2.49. The normalized spacial score (nSPS) is 9.70. The Bertz CT molecular complexity index is 694. The summed E-state index contributed by atoms with van der Waals surface area (Å²) in [6.45, 7) is 0.203. The van der Waals surface area contributed by atoms with E-state index in [1.54, 1.807) is 0 Å². The molecule has 0 spiro atoms. The van der Waals surface area contributed by atoms with Gasteiger partial charge in [0.2, 0.25) is 5.88 Å². The van der Waals surface area contributed by atoms with Crippen molar-refractivity contribution in [3.63, 3.8) is 0 Å². The highest BCUT2D eigenvalue weighted by Gasteiger charge is 2.02. The lowest BCUT2D eigenvalue weighted by Crippen LogP contribution is -2.22. The van der Waals surface area contributed by atoms with Crippen molar-refractivity contribution in [1.82, 2.24) is 9.78 Å². The molecule has 0 atom stereocenters. The molecule has 1 aromatic carbocycles. The van der Waals surface area contributed by atoms with E-state index < -0.39 is 0 Å². The first-order valence-corrected chi connectivity index (χ1v) is 6.04. The van der Waals surface area contributed by atoms with Gasteiger partial charge in [0.15, 0.2) is 0 Å². The minimum Gasteiger partial charge on any atom is -0.480 e. The molecule has 102 valence electrons. The Morgan fingerprint density at radius 3 is 2.65 bits per heavy atom. The summed E-state index contributed by atoms with van der Waals surface area (Å²) in [6, 6.07) is 10.4. The Kier molecular flexibility index (Phi) is 4.53. The van der Waals surface area contributed by atoms with Crippen molar-refractivity contribution in [3.8, 4) is 17.7 Å². The molecule has 0 fully saturated rings. The van der Waals surface area contributed by atoms with Crippen LogP contribution in [0.1, 0.15) is 11.1 Å². The Morgan fingerprint density at radius 2 is 2.00 bits per heavy atom. The molecule has 0 aliphatic heterocycles. The number of methoxy groups -OCH3 is 1. The fraction of sp³-hybridized carbons (Fsp3) is 0.200. The number of rotatable bonds is 3. The fourth-order valence-corrected chi connectivity index (χ4v) is 1.66. The number of ether oxygens (including phenoxy) is 1. The molecular weight excluding hydrogens is 256 g/mol. The molecule has 0 aliphatic carbocycles. The molecule has 1 N–H and O–H groups in total. The number of hydrogen-bond acceptors (Lipinski definition) is 4. The zero-order valence-electron chi connectivity index (χ0n) is 11.0. The predicted molar refractivity (Wildman–Crippen MR) is 74.6 cm³/mol. The summed E-state index contributed by atoms with van der Waals surface area (Å²) in [6.07, 6.45) is 0. The first kappa shape index (κ1) is 13.8. The van der Waals surface area contributed by atoms with E-state index in [4.69, 9.17) is 9.84 Å². The highest BCUT2D eigenvalue weighted by atomic mass is 16.5. The van der Waals surface area contributed by atoms with E-state index in [-0.39, 0.29) is 12.2 Å². The van der Waals surface area contributed by atoms with Crippen molar-refractivity contribution in [2.24, 2.45) is 0 Å². The summed E-state index contributed by atoms with van der Waals surface area (Å²) in [7, 11) is 1.51. The highest BCUT2D eigenvalue weighted by molar-refractivity contribution is 5.36. The van der Waals surface area contributed by atoms with Gasteiger partial charge in [-0.25, -0.2) is 4.68 Å². The summed E-state index contributed by atoms with van der Waals surface area (Å²) >= 11 is 0. The molecule has 0 amide bonds. The van der Waals surface area contributed by atoms with Crippen LogP contribution in [0, 0.1) is 11.8 Å². The summed E-state index contributed by atoms with van der Waals surface area (Å²) in [4.78, 5) is 11.7. The Balaban J connectivity index is 2.20. The third kappa shape index (κ3) is 3.46. The van der Waals surface area contributed by atoms with Gasteiger partial charge in [-0.1, -0.05) is 24.0 Å². The van der Waals surface area contributed by atoms with Crippen molar-refractivity contribution in [2.75, 3.05) is 13.7 Å². The van der Waals surface area contributed by atoms with Crippen molar-refractivity contribution in [3.05, 3.63) is 57.9 Å². The second kappa shape index (κ2) is 6.55. The molecule has 0 bridgehead atoms. The van der Waals surface area contributed by atoms with E-state index in [1.165, 1.54) is 23.9 Å². The lowest BCUT2D eigenvalue weighted by molar-refractivity contribution is 0.350. The van der Waals surface area contributed by atoms with Gasteiger partial charge < -0.3 is 9.84 Å². The van der Waals surface area contributed by atoms with Crippen molar-refractivity contribution in [2.45, 2.75) is 6.54 Å². The summed E-state index contributed by atoms with van der Waals surface area (Å²) < 4.78 is 6.34. The monoisotopic (exact) mass is 270 g/mol. The van der Waals surface area contributed by atoms with Crippen LogP contribution >= 0.6 is 0 Å². The third-order valence-electron chi connectivity index (χ3n) is 2.65. The van der Waals surface area contributed by atoms with Gasteiger partial charge in [0.05, 0.1) is 13.7 Å². The van der Waals surface area contributed by atoms with Crippen LogP contribution in [0.4, 0.5) is 0 Å². The maximum absolute atomic E-state index is 11.7. The first-order chi connectivity index (χ1) is 9.72. The molecular formula is C15H14N2O3. The van der Waals surface area contributed by atoms with Crippen LogP contribution in [0.5, 0.6) is 5.88 Å². The summed E-state index contributed by atoms with van der Waals surface area (Å²) in [5.41, 5.74) is 1.56. The van der Waals surface area contributed by atoms with Gasteiger partial charge in [-0.3, -0.25) is 4.79 Å². The highest BCUT2D eigenvalue weighted by Crippen LogP contribution is 2.06. The van der Waals surface area contributed by atoms with Crippen LogP contribution in [0.3, 0.4) is 0 Å². The van der Waals surface area contributed by atoms with Crippen LogP contribution in [-0.4, -0.2) is 28.6 Å². The summed E-state index contributed by atoms with van der Waals surface area (Å²) in [5.74, 6) is 5.79. The van der Waals surface area contributed by atoms with Gasteiger partial charge in [0.1, 0.15) is 6.61 Å². The quantitative estimate of drug-likeness (QED) is 0.831. The number of nitrogens with zero attached hydrogens (tertiary/aromatic N) is 2. The zero-order valence-corrected chi connectivity index (χ0v) is 11.0. The van der Waals surface area contributed by atoms with E-state index >= 15 is 0 Å². The Morgan fingerprint density at radius 1 is 1.25 bits per heavy atom. The number of aromatic nitrogens is 2. The van der Waals surface area contributed by atoms with Gasteiger partial charge in [-0.15, -0.1) is 5.10 Å². The summed E-state index contributed by atoms with van der Waals surface area (Å²) in [5, 5.41) is 12.7. The molecule has 2 rings (SSSR count). The van der Waals surface area contributed by atoms with Crippen LogP contribution < -0.4 is 10.3 Å². The van der Waals surface area contributed by atoms with E-state index in [0.717, 1.165) is 11.1 Å². The molecule has 0 unspecified atom stereocenters. The minimum atomic E-state index is -0.185. The lowest BCUT2D eigenvalue weighted by atomic mass is 10.1. The van der Waals surface area contributed by atoms with Gasteiger partial charge in [0.25, 0.3) is 5.56 Å². The molecule has 0 saturated heterocycles. The maximum atomic E-state index is 11.7. The molecule has 0 saturated carbocycles. The van der Waals surface area contributed by atoms with Gasteiger partial charge in [-0.2, -0.15) is 0 Å². The molecule has 20 heavy (non-hydrogen) atoms. The second-order valence-corrected chi connectivity index (χ2v) is 4.03. The van der Waals surface area contributed by atoms with E-state index in [2.05, 4.69) is 16.9 Å². The topological polar surface area (TPSA) is 64.3 Å². The van der Waals surface area contributed by atoms with Crippen LogP contribution in [0.2, 0.25) is 0 Å². The van der Waals surface area contributed by atoms with Gasteiger partial charge >= 0.3 is 0 Å². The van der Waals surface area contributed by atoms with Crippen molar-refractivity contribution >= 4 is 0 Å². The van der Waals surface area contributed by atoms with Crippen LogP contribution in [-0.2, 0) is 6.54 Å². The molecule has 1 aromatic heterocycles. The van der Waals surface area contributed by atoms with E-state index in [9.17, 15) is 4.79 Å². The molecule has 5 nitrogen and oxygen atoms in total. The smallest absolute Gasteiger partial charge is 0.267 e. The van der Waals surface area contributed by atoms with Gasteiger partial charge in [0, 0.05) is 17.7 Å². The number of hydrogen-bond donors (Lipinski definition) is 1. The fourth-order valence-electron chi connectivity index (χ4n) is 1.66. The van der Waals surface area contributed by atoms with Crippen molar-refractivity contribution in [1.29, 1.82) is 0 Å². The zero-order chi connectivity index (χ0) is 14.4. The Hall–Kier alpha value is -2.58. The standard InChI is InChI=1S/C15H14N2O3/c1-20-14-8-9-15(19)17(16-14)11-13-6-4-12(5-7-13)3-2-10-18/h4-9,18H,10-11H2,1H3. The number of aliphatic hydroxyl groups excluding tert-OH is 1.